The molecule has 3 nitrogen and oxygen atoms in total. The van der Waals surface area contributed by atoms with Crippen LogP contribution in [0.25, 0.3) is 10.2 Å². The second-order valence-corrected chi connectivity index (χ2v) is 9.43. The minimum Gasteiger partial charge on any atom is -0.286 e. The molecule has 2 heterocycles. The van der Waals surface area contributed by atoms with Crippen LogP contribution in [0.5, 0.6) is 0 Å². The van der Waals surface area contributed by atoms with Gasteiger partial charge in [-0.3, -0.25) is 4.18 Å². The third kappa shape index (κ3) is 3.12. The molecule has 0 radical (unpaired) electrons. The first-order valence-electron chi connectivity index (χ1n) is 7.86. The van der Waals surface area contributed by atoms with Crippen LogP contribution in [0.15, 0.2) is 16.3 Å². The van der Waals surface area contributed by atoms with Gasteiger partial charge in [0.2, 0.25) is 0 Å². The van der Waals surface area contributed by atoms with Crippen LogP contribution in [0.3, 0.4) is 0 Å². The van der Waals surface area contributed by atoms with Gasteiger partial charge in [0, 0.05) is 11.1 Å². The number of rotatable bonds is 3. The molecular formula is C17H23NO2S2. The summed E-state index contributed by atoms with van der Waals surface area (Å²) in [5, 5.41) is 1.10. The molecule has 2 atom stereocenters. The van der Waals surface area contributed by atoms with Gasteiger partial charge < -0.3 is 0 Å². The molecule has 0 amide bonds. The first kappa shape index (κ1) is 16.1. The maximum Gasteiger partial charge on any atom is 0.199 e. The molecule has 0 aromatic carbocycles. The Hall–Kier alpha value is -0.780. The Morgan fingerprint density at radius 2 is 2.18 bits per heavy atom. The lowest BCUT2D eigenvalue weighted by Crippen LogP contribution is -2.27. The fraction of sp³-hybridized carbons (Fsp3) is 0.588. The van der Waals surface area contributed by atoms with Crippen molar-refractivity contribution < 1.29 is 8.39 Å². The van der Waals surface area contributed by atoms with E-state index in [0.29, 0.717) is 17.9 Å². The lowest BCUT2D eigenvalue weighted by Gasteiger charge is -2.34. The monoisotopic (exact) mass is 337 g/mol. The quantitative estimate of drug-likeness (QED) is 0.827. The van der Waals surface area contributed by atoms with Crippen molar-refractivity contribution in [2.24, 2.45) is 11.3 Å². The highest BCUT2D eigenvalue weighted by Crippen LogP contribution is 2.38. The summed E-state index contributed by atoms with van der Waals surface area (Å²) in [6.07, 6.45) is 3.36. The number of hydrogen-bond donors (Lipinski definition) is 0. The summed E-state index contributed by atoms with van der Waals surface area (Å²) in [5.41, 5.74) is 2.93. The minimum absolute atomic E-state index is 0.336. The zero-order valence-electron chi connectivity index (χ0n) is 13.6. The molecule has 2 aromatic heterocycles. The van der Waals surface area contributed by atoms with E-state index in [1.54, 1.807) is 0 Å². The third-order valence-corrected chi connectivity index (χ3v) is 6.86. The van der Waals surface area contributed by atoms with E-state index in [1.807, 2.05) is 13.0 Å². The summed E-state index contributed by atoms with van der Waals surface area (Å²) in [4.78, 5) is 5.81. The Kier molecular flexibility index (Phi) is 4.40. The number of thiophene rings is 1. The van der Waals surface area contributed by atoms with Gasteiger partial charge in [-0.25, -0.2) is 9.19 Å². The van der Waals surface area contributed by atoms with Gasteiger partial charge in [0.05, 0.1) is 6.61 Å². The first-order valence-corrected chi connectivity index (χ1v) is 9.75. The number of hydrogen-bond acceptors (Lipinski definition) is 4. The van der Waals surface area contributed by atoms with Gasteiger partial charge in [0.15, 0.2) is 11.1 Å². The molecule has 120 valence electrons. The Balaban J connectivity index is 1.95. The largest absolute Gasteiger partial charge is 0.286 e. The maximum atomic E-state index is 12.0. The smallest absolute Gasteiger partial charge is 0.199 e. The highest BCUT2D eigenvalue weighted by Gasteiger charge is 2.29. The van der Waals surface area contributed by atoms with Crippen LogP contribution in [0, 0.1) is 11.3 Å². The number of aryl methyl sites for hydroxylation is 1. The van der Waals surface area contributed by atoms with Crippen molar-refractivity contribution in [3.05, 3.63) is 23.4 Å². The van der Waals surface area contributed by atoms with Crippen LogP contribution >= 0.6 is 11.3 Å². The van der Waals surface area contributed by atoms with Crippen molar-refractivity contribution >= 4 is 32.6 Å². The average Bonchev–Trinajstić information content (AvgIpc) is 2.86. The SMILES string of the molecule is CCOS(=O)c1cc2cc3c(nc2s1)CC[C@@H](C(C)(C)C)C3. The standard InChI is InChI=1S/C17H23NO2S2/c1-5-20-22(19)15-10-12-8-11-9-13(17(2,3)4)6-7-14(11)18-16(12)21-15/h8,10,13H,5-7,9H2,1-4H3/t13-,22?/m1/s1. The highest BCUT2D eigenvalue weighted by atomic mass is 32.2. The molecule has 0 saturated carbocycles. The Bertz CT molecular complexity index is 715. The van der Waals surface area contributed by atoms with Crippen LogP contribution in [0.2, 0.25) is 0 Å². The molecule has 1 unspecified atom stereocenters. The van der Waals surface area contributed by atoms with E-state index in [9.17, 15) is 4.21 Å². The van der Waals surface area contributed by atoms with E-state index in [2.05, 4.69) is 26.8 Å². The first-order chi connectivity index (χ1) is 10.4. The van der Waals surface area contributed by atoms with Crippen LogP contribution in [-0.4, -0.2) is 15.8 Å². The second-order valence-electron chi connectivity index (χ2n) is 7.00. The molecule has 0 N–H and O–H groups in total. The number of aromatic nitrogens is 1. The summed E-state index contributed by atoms with van der Waals surface area (Å²) >= 11 is 0.128. The zero-order valence-corrected chi connectivity index (χ0v) is 15.3. The number of nitrogens with zero attached hydrogens (tertiary/aromatic N) is 1. The van der Waals surface area contributed by atoms with E-state index >= 15 is 0 Å². The fourth-order valence-corrected chi connectivity index (χ4v) is 5.06. The average molecular weight is 338 g/mol. The predicted octanol–water partition coefficient (Wildman–Crippen LogP) is 4.51. The molecule has 1 aliphatic carbocycles. The van der Waals surface area contributed by atoms with Crippen molar-refractivity contribution in [1.29, 1.82) is 0 Å². The molecule has 1 aliphatic rings. The van der Waals surface area contributed by atoms with Gasteiger partial charge in [-0.15, -0.1) is 11.3 Å². The highest BCUT2D eigenvalue weighted by molar-refractivity contribution is 7.83. The van der Waals surface area contributed by atoms with E-state index in [1.165, 1.54) is 29.0 Å². The van der Waals surface area contributed by atoms with E-state index < -0.39 is 11.1 Å². The summed E-state index contributed by atoms with van der Waals surface area (Å²) in [7, 11) is 0. The normalized spacial score (nSPS) is 20.1. The molecule has 2 aromatic rings. The topological polar surface area (TPSA) is 39.2 Å². The van der Waals surface area contributed by atoms with Gasteiger partial charge in [-0.2, -0.15) is 0 Å². The summed E-state index contributed by atoms with van der Waals surface area (Å²) in [6.45, 7) is 9.28. The molecule has 0 fully saturated rings. The fourth-order valence-electron chi connectivity index (χ4n) is 3.09. The number of pyridine rings is 1. The van der Waals surface area contributed by atoms with Crippen molar-refractivity contribution in [2.75, 3.05) is 6.61 Å². The molecule has 5 heteroatoms. The molecule has 0 bridgehead atoms. The molecular weight excluding hydrogens is 314 g/mol. The van der Waals surface area contributed by atoms with Crippen molar-refractivity contribution in [2.45, 2.75) is 51.2 Å². The van der Waals surface area contributed by atoms with Gasteiger partial charge in [-0.05, 0) is 55.2 Å². The molecule has 0 aliphatic heterocycles. The molecule has 3 rings (SSSR count). The van der Waals surface area contributed by atoms with Crippen molar-refractivity contribution in [3.8, 4) is 0 Å². The lowest BCUT2D eigenvalue weighted by molar-refractivity contribution is 0.215. The zero-order chi connectivity index (χ0) is 15.9. The second kappa shape index (κ2) is 6.02. The molecule has 0 spiro atoms. The van der Waals surface area contributed by atoms with Crippen LogP contribution in [-0.2, 0) is 28.1 Å². The van der Waals surface area contributed by atoms with E-state index in [4.69, 9.17) is 9.17 Å². The molecule has 22 heavy (non-hydrogen) atoms. The summed E-state index contributed by atoms with van der Waals surface area (Å²) in [6, 6.07) is 4.22. The van der Waals surface area contributed by atoms with Crippen molar-refractivity contribution in [1.82, 2.24) is 4.98 Å². The van der Waals surface area contributed by atoms with Crippen LogP contribution in [0.1, 0.15) is 45.4 Å². The van der Waals surface area contributed by atoms with Gasteiger partial charge >= 0.3 is 0 Å². The summed E-state index contributed by atoms with van der Waals surface area (Å²) in [5.74, 6) is 0.704. The maximum absolute atomic E-state index is 12.0. The Morgan fingerprint density at radius 1 is 1.41 bits per heavy atom. The lowest BCUT2D eigenvalue weighted by atomic mass is 9.71. The minimum atomic E-state index is -1.36. The molecule has 0 saturated heterocycles. The van der Waals surface area contributed by atoms with Crippen LogP contribution < -0.4 is 0 Å². The van der Waals surface area contributed by atoms with E-state index in [0.717, 1.165) is 27.3 Å². The Morgan fingerprint density at radius 3 is 2.86 bits per heavy atom. The predicted molar refractivity (Wildman–Crippen MR) is 92.6 cm³/mol. The summed E-state index contributed by atoms with van der Waals surface area (Å²) < 4.78 is 18.0. The van der Waals surface area contributed by atoms with Gasteiger partial charge in [0.1, 0.15) is 9.04 Å². The van der Waals surface area contributed by atoms with Gasteiger partial charge in [0.25, 0.3) is 0 Å². The van der Waals surface area contributed by atoms with Crippen molar-refractivity contribution in [3.63, 3.8) is 0 Å². The van der Waals surface area contributed by atoms with Gasteiger partial charge in [-0.1, -0.05) is 20.8 Å². The van der Waals surface area contributed by atoms with E-state index in [-0.39, 0.29) is 0 Å². The third-order valence-electron chi connectivity index (χ3n) is 4.46. The van der Waals surface area contributed by atoms with Crippen LogP contribution in [0.4, 0.5) is 0 Å². The Labute approximate surface area is 138 Å². The number of fused-ring (bicyclic) bond motifs is 2.